The van der Waals surface area contributed by atoms with Crippen LogP contribution in [0.1, 0.15) is 2.74 Å². The Kier molecular flexibility index (Phi) is 3.36. The summed E-state index contributed by atoms with van der Waals surface area (Å²) in [6.45, 7) is -2.42. The standard InChI is InChI=1S/C4H6Cl2O2/c5-1-2-8-3-4(6)7/h1-3H2/i2D2. The molecule has 0 aromatic heterocycles. The van der Waals surface area contributed by atoms with E-state index >= 15 is 0 Å². The van der Waals surface area contributed by atoms with E-state index in [1.807, 2.05) is 0 Å². The van der Waals surface area contributed by atoms with Gasteiger partial charge >= 0.3 is 0 Å². The van der Waals surface area contributed by atoms with E-state index in [2.05, 4.69) is 4.74 Å². The van der Waals surface area contributed by atoms with Gasteiger partial charge in [-0.3, -0.25) is 4.79 Å². The fraction of sp³-hybridized carbons (Fsp3) is 0.750. The number of rotatable bonds is 4. The van der Waals surface area contributed by atoms with Crippen molar-refractivity contribution in [2.24, 2.45) is 0 Å². The molecule has 0 N–H and O–H groups in total. The van der Waals surface area contributed by atoms with Gasteiger partial charge in [-0.15, -0.1) is 11.6 Å². The van der Waals surface area contributed by atoms with Gasteiger partial charge in [0, 0.05) is 5.88 Å². The van der Waals surface area contributed by atoms with Crippen molar-refractivity contribution in [1.29, 1.82) is 0 Å². The summed E-state index contributed by atoms with van der Waals surface area (Å²) < 4.78 is 18.1. The predicted molar refractivity (Wildman–Crippen MR) is 32.4 cm³/mol. The summed E-state index contributed by atoms with van der Waals surface area (Å²) in [5, 5.41) is -0.742. The molecule has 4 heteroatoms. The first-order chi connectivity index (χ1) is 4.48. The fourth-order valence-corrected chi connectivity index (χ4v) is 0.278. The summed E-state index contributed by atoms with van der Waals surface area (Å²) in [7, 11) is 0. The SMILES string of the molecule is [2H]C([2H])(CCl)OCC(=O)Cl. The molecule has 0 heterocycles. The zero-order chi connectivity index (χ0) is 8.20. The number of hydrogen-bond acceptors (Lipinski definition) is 2. The van der Waals surface area contributed by atoms with Crippen LogP contribution >= 0.6 is 23.2 Å². The first-order valence-electron chi connectivity index (χ1n) is 2.86. The summed E-state index contributed by atoms with van der Waals surface area (Å²) in [6.07, 6.45) is 0. The smallest absolute Gasteiger partial charge is 0.247 e. The molecule has 0 atom stereocenters. The summed E-state index contributed by atoms with van der Waals surface area (Å²) in [6, 6.07) is 0. The Balaban J connectivity index is 3.56. The van der Waals surface area contributed by atoms with Gasteiger partial charge in [-0.05, 0) is 11.6 Å². The molecule has 0 spiro atoms. The Morgan fingerprint density at radius 3 is 2.88 bits per heavy atom. The Morgan fingerprint density at radius 2 is 2.50 bits per heavy atom. The highest BCUT2D eigenvalue weighted by Gasteiger charge is 1.92. The van der Waals surface area contributed by atoms with Gasteiger partial charge in [-0.2, -0.15) is 0 Å². The number of alkyl halides is 1. The van der Waals surface area contributed by atoms with E-state index in [0.29, 0.717) is 0 Å². The van der Waals surface area contributed by atoms with E-state index in [4.69, 9.17) is 25.9 Å². The van der Waals surface area contributed by atoms with Gasteiger partial charge in [0.05, 0.1) is 9.30 Å². The molecule has 8 heavy (non-hydrogen) atoms. The molecule has 0 saturated heterocycles. The van der Waals surface area contributed by atoms with Gasteiger partial charge in [0.2, 0.25) is 5.24 Å². The third kappa shape index (κ3) is 6.21. The van der Waals surface area contributed by atoms with Crippen molar-refractivity contribution in [2.45, 2.75) is 0 Å². The molecule has 0 aliphatic rings. The van der Waals surface area contributed by atoms with Gasteiger partial charge in [-0.25, -0.2) is 0 Å². The maximum absolute atomic E-state index is 10.0. The van der Waals surface area contributed by atoms with Gasteiger partial charge in [-0.1, -0.05) is 0 Å². The number of halogens is 2. The topological polar surface area (TPSA) is 26.3 Å². The van der Waals surface area contributed by atoms with Crippen molar-refractivity contribution >= 4 is 28.4 Å². The zero-order valence-electron chi connectivity index (χ0n) is 5.99. The number of carbonyl (C=O) groups excluding carboxylic acids is 1. The average molecular weight is 159 g/mol. The molecule has 48 valence electrons. The number of ether oxygens (including phenoxy) is 1. The lowest BCUT2D eigenvalue weighted by molar-refractivity contribution is -0.115. The molecule has 2 nitrogen and oxygen atoms in total. The first-order valence-corrected chi connectivity index (χ1v) is 2.77. The van der Waals surface area contributed by atoms with Crippen LogP contribution in [0.4, 0.5) is 0 Å². The molecule has 0 aromatic carbocycles. The number of hydrogen-bond donors (Lipinski definition) is 0. The van der Waals surface area contributed by atoms with Gasteiger partial charge in [0.1, 0.15) is 6.61 Å². The van der Waals surface area contributed by atoms with Crippen LogP contribution in [0, 0.1) is 0 Å². The Hall–Kier alpha value is 0.210. The highest BCUT2D eigenvalue weighted by molar-refractivity contribution is 6.63. The van der Waals surface area contributed by atoms with E-state index in [0.717, 1.165) is 0 Å². The van der Waals surface area contributed by atoms with Crippen LogP contribution in [-0.4, -0.2) is 24.3 Å². The molecule has 0 saturated carbocycles. The Bertz CT molecular complexity index is 128. The predicted octanol–water partition coefficient (Wildman–Crippen LogP) is 1.01. The Morgan fingerprint density at radius 1 is 1.88 bits per heavy atom. The lowest BCUT2D eigenvalue weighted by atomic mass is 10.8. The van der Waals surface area contributed by atoms with E-state index in [-0.39, 0.29) is 5.88 Å². The monoisotopic (exact) mass is 158 g/mol. The Labute approximate surface area is 60.5 Å². The summed E-state index contributed by atoms with van der Waals surface area (Å²) >= 11 is 9.99. The van der Waals surface area contributed by atoms with Crippen molar-refractivity contribution < 1.29 is 12.3 Å². The molecule has 0 aromatic rings. The molecule has 0 unspecified atom stereocenters. The van der Waals surface area contributed by atoms with Crippen molar-refractivity contribution in [3.8, 4) is 0 Å². The van der Waals surface area contributed by atoms with Crippen molar-refractivity contribution in [1.82, 2.24) is 0 Å². The van der Waals surface area contributed by atoms with Crippen LogP contribution < -0.4 is 0 Å². The van der Waals surface area contributed by atoms with E-state index < -0.39 is 18.4 Å². The quantitative estimate of drug-likeness (QED) is 0.451. The fourth-order valence-electron chi connectivity index (χ4n) is 0.146. The lowest BCUT2D eigenvalue weighted by Crippen LogP contribution is -2.03. The van der Waals surface area contributed by atoms with Crippen LogP contribution in [-0.2, 0) is 9.53 Å². The summed E-state index contributed by atoms with van der Waals surface area (Å²) in [5.74, 6) is -0.322. The third-order valence-corrected chi connectivity index (χ3v) is 0.560. The van der Waals surface area contributed by atoms with E-state index in [1.165, 1.54) is 0 Å². The van der Waals surface area contributed by atoms with Crippen LogP contribution in [0.25, 0.3) is 0 Å². The first kappa shape index (κ1) is 5.03. The summed E-state index contributed by atoms with van der Waals surface area (Å²) in [5.41, 5.74) is 0. The van der Waals surface area contributed by atoms with Crippen LogP contribution in [0.3, 0.4) is 0 Å². The van der Waals surface area contributed by atoms with Crippen molar-refractivity contribution in [3.05, 3.63) is 0 Å². The maximum Gasteiger partial charge on any atom is 0.247 e. The second-order valence-corrected chi connectivity index (χ2v) is 1.61. The van der Waals surface area contributed by atoms with Crippen LogP contribution in [0.2, 0.25) is 0 Å². The largest absolute Gasteiger partial charge is 0.371 e. The van der Waals surface area contributed by atoms with E-state index in [9.17, 15) is 4.79 Å². The molecule has 0 aliphatic heterocycles. The van der Waals surface area contributed by atoms with Gasteiger partial charge in [0.25, 0.3) is 0 Å². The maximum atomic E-state index is 10.0. The minimum absolute atomic E-state index is 0.322. The van der Waals surface area contributed by atoms with Crippen molar-refractivity contribution in [2.75, 3.05) is 19.0 Å². The van der Waals surface area contributed by atoms with Crippen LogP contribution in [0.5, 0.6) is 0 Å². The van der Waals surface area contributed by atoms with Gasteiger partial charge in [0.15, 0.2) is 0 Å². The molecule has 0 amide bonds. The molecular formula is C4H6Cl2O2. The molecule has 0 rings (SSSR count). The second kappa shape index (κ2) is 5.35. The lowest BCUT2D eigenvalue weighted by Gasteiger charge is -1.92. The normalized spacial score (nSPS) is 14.8. The van der Waals surface area contributed by atoms with Crippen LogP contribution in [0.15, 0.2) is 0 Å². The number of carbonyl (C=O) groups is 1. The molecule has 0 fully saturated rings. The summed E-state index contributed by atoms with van der Waals surface area (Å²) in [4.78, 5) is 10.0. The average Bonchev–Trinajstić information content (AvgIpc) is 1.85. The van der Waals surface area contributed by atoms with Crippen molar-refractivity contribution in [3.63, 3.8) is 0 Å². The molecular weight excluding hydrogens is 151 g/mol. The second-order valence-electron chi connectivity index (χ2n) is 0.922. The minimum atomic E-state index is -1.97. The highest BCUT2D eigenvalue weighted by atomic mass is 35.5. The molecule has 0 radical (unpaired) electrons. The van der Waals surface area contributed by atoms with E-state index in [1.54, 1.807) is 0 Å². The zero-order valence-corrected chi connectivity index (χ0v) is 5.50. The highest BCUT2D eigenvalue weighted by Crippen LogP contribution is 1.83. The van der Waals surface area contributed by atoms with Gasteiger partial charge < -0.3 is 4.74 Å². The third-order valence-electron chi connectivity index (χ3n) is 0.342. The minimum Gasteiger partial charge on any atom is -0.371 e. The molecule has 0 aliphatic carbocycles. The molecule has 0 bridgehead atoms.